The van der Waals surface area contributed by atoms with Crippen LogP contribution in [0.4, 0.5) is 8.78 Å². The molecule has 152 valence electrons. The fourth-order valence-electron chi connectivity index (χ4n) is 2.76. The fourth-order valence-corrected chi connectivity index (χ4v) is 2.76. The highest BCUT2D eigenvalue weighted by atomic mass is 19.2. The van der Waals surface area contributed by atoms with Crippen LogP contribution >= 0.6 is 0 Å². The number of aliphatic hydroxyl groups excluding tert-OH is 1. The molecule has 2 unspecified atom stereocenters. The highest BCUT2D eigenvalue weighted by Gasteiger charge is 2.18. The third-order valence-electron chi connectivity index (χ3n) is 4.59. The first-order valence-electron chi connectivity index (χ1n) is 8.88. The van der Waals surface area contributed by atoms with Gasteiger partial charge in [-0.05, 0) is 56.8 Å². The molecule has 2 aromatic carbocycles. The van der Waals surface area contributed by atoms with E-state index in [0.29, 0.717) is 22.6 Å². The number of halogens is 2. The summed E-state index contributed by atoms with van der Waals surface area (Å²) in [5.41, 5.74) is 1.11. The number of carbonyl (C=O) groups excluding carboxylic acids is 1. The Labute approximate surface area is 163 Å². The van der Waals surface area contributed by atoms with Gasteiger partial charge in [-0.2, -0.15) is 0 Å². The van der Waals surface area contributed by atoms with Crippen LogP contribution in [0.5, 0.6) is 11.5 Å². The van der Waals surface area contributed by atoms with Crippen molar-refractivity contribution >= 4 is 5.78 Å². The van der Waals surface area contributed by atoms with Crippen molar-refractivity contribution in [3.63, 3.8) is 0 Å². The number of rotatable bonds is 9. The Balaban J connectivity index is 1.95. The third-order valence-corrected chi connectivity index (χ3v) is 4.59. The molecule has 2 rings (SSSR count). The molecule has 0 fully saturated rings. The van der Waals surface area contributed by atoms with Gasteiger partial charge in [-0.1, -0.05) is 6.07 Å². The molecule has 0 radical (unpaired) electrons. The minimum Gasteiger partial charge on any atom is -0.493 e. The summed E-state index contributed by atoms with van der Waals surface area (Å²) in [7, 11) is 3.25. The minimum absolute atomic E-state index is 0.00458. The zero-order chi connectivity index (χ0) is 20.8. The lowest BCUT2D eigenvalue weighted by molar-refractivity contribution is 0.0643. The van der Waals surface area contributed by atoms with Crippen LogP contribution < -0.4 is 9.47 Å². The van der Waals surface area contributed by atoms with E-state index in [-0.39, 0.29) is 25.0 Å². The highest BCUT2D eigenvalue weighted by Crippen LogP contribution is 2.28. The average molecular weight is 393 g/mol. The Morgan fingerprint density at radius 2 is 1.86 bits per heavy atom. The number of methoxy groups -OCH3 is 1. The lowest BCUT2D eigenvalue weighted by Gasteiger charge is -2.27. The second kappa shape index (κ2) is 9.61. The smallest absolute Gasteiger partial charge is 0.161 e. The highest BCUT2D eigenvalue weighted by molar-refractivity contribution is 5.94. The Morgan fingerprint density at radius 3 is 2.46 bits per heavy atom. The summed E-state index contributed by atoms with van der Waals surface area (Å²) in [4.78, 5) is 13.3. The van der Waals surface area contributed by atoms with Crippen molar-refractivity contribution < 1.29 is 28.2 Å². The molecular formula is C21H25F2NO4. The SMILES string of the molecule is COc1cc(C(C)=O)ccc1OCC(O)CN(C)C(C)c1ccc(F)c(F)c1. The van der Waals surface area contributed by atoms with Crippen molar-refractivity contribution in [1.29, 1.82) is 0 Å². The summed E-state index contributed by atoms with van der Waals surface area (Å²) in [5, 5.41) is 10.3. The first kappa shape index (κ1) is 21.8. The van der Waals surface area contributed by atoms with E-state index < -0.39 is 17.7 Å². The maximum atomic E-state index is 13.4. The van der Waals surface area contributed by atoms with Crippen LogP contribution in [0.3, 0.4) is 0 Å². The van der Waals surface area contributed by atoms with Crippen molar-refractivity contribution in [3.05, 3.63) is 59.2 Å². The van der Waals surface area contributed by atoms with E-state index in [4.69, 9.17) is 9.47 Å². The van der Waals surface area contributed by atoms with Gasteiger partial charge in [-0.25, -0.2) is 8.78 Å². The quantitative estimate of drug-likeness (QED) is 0.660. The predicted octanol–water partition coefficient (Wildman–Crippen LogP) is 3.61. The van der Waals surface area contributed by atoms with Gasteiger partial charge in [-0.15, -0.1) is 0 Å². The number of aliphatic hydroxyl groups is 1. The number of nitrogens with zero attached hydrogens (tertiary/aromatic N) is 1. The summed E-state index contributed by atoms with van der Waals surface area (Å²) in [5.74, 6) is -1.05. The number of benzene rings is 2. The minimum atomic E-state index is -0.900. The first-order chi connectivity index (χ1) is 13.2. The maximum absolute atomic E-state index is 13.4. The van der Waals surface area contributed by atoms with Gasteiger partial charge in [-0.3, -0.25) is 9.69 Å². The van der Waals surface area contributed by atoms with E-state index >= 15 is 0 Å². The molecule has 0 aromatic heterocycles. The van der Waals surface area contributed by atoms with Gasteiger partial charge >= 0.3 is 0 Å². The number of hydrogen-bond acceptors (Lipinski definition) is 5. The standard InChI is InChI=1S/C21H25F2NO4/c1-13(15-5-7-18(22)19(23)9-15)24(3)11-17(26)12-28-20-8-6-16(14(2)25)10-21(20)27-4/h5-10,13,17,26H,11-12H2,1-4H3. The number of hydrogen-bond donors (Lipinski definition) is 1. The summed E-state index contributed by atoms with van der Waals surface area (Å²) < 4.78 is 37.4. The predicted molar refractivity (Wildman–Crippen MR) is 102 cm³/mol. The van der Waals surface area contributed by atoms with Gasteiger partial charge in [0.2, 0.25) is 0 Å². The molecule has 0 spiro atoms. The van der Waals surface area contributed by atoms with Gasteiger partial charge < -0.3 is 14.6 Å². The Hall–Kier alpha value is -2.51. The summed E-state index contributed by atoms with van der Waals surface area (Å²) >= 11 is 0. The monoisotopic (exact) mass is 393 g/mol. The molecule has 2 aromatic rings. The molecule has 0 heterocycles. The van der Waals surface area contributed by atoms with E-state index in [1.165, 1.54) is 20.1 Å². The van der Waals surface area contributed by atoms with Crippen molar-refractivity contribution in [2.75, 3.05) is 27.3 Å². The number of likely N-dealkylation sites (N-methyl/N-ethyl adjacent to an activating group) is 1. The molecule has 0 bridgehead atoms. The molecule has 1 N–H and O–H groups in total. The Bertz CT molecular complexity index is 828. The molecule has 0 aliphatic carbocycles. The van der Waals surface area contributed by atoms with Crippen LogP contribution in [0, 0.1) is 11.6 Å². The molecule has 0 saturated carbocycles. The van der Waals surface area contributed by atoms with Crippen LogP contribution in [0.25, 0.3) is 0 Å². The van der Waals surface area contributed by atoms with E-state index in [0.717, 1.165) is 12.1 Å². The Kier molecular flexibility index (Phi) is 7.48. The topological polar surface area (TPSA) is 59.0 Å². The normalized spacial score (nSPS) is 13.3. The molecule has 2 atom stereocenters. The molecule has 7 heteroatoms. The zero-order valence-electron chi connectivity index (χ0n) is 16.4. The van der Waals surface area contributed by atoms with Gasteiger partial charge in [0.05, 0.1) is 7.11 Å². The van der Waals surface area contributed by atoms with Crippen LogP contribution in [0.15, 0.2) is 36.4 Å². The summed E-state index contributed by atoms with van der Waals surface area (Å²) in [6.07, 6.45) is -0.824. The van der Waals surface area contributed by atoms with Crippen LogP contribution in [-0.2, 0) is 0 Å². The van der Waals surface area contributed by atoms with E-state index in [1.807, 2.05) is 11.8 Å². The lowest BCUT2D eigenvalue weighted by atomic mass is 10.1. The molecule has 28 heavy (non-hydrogen) atoms. The van der Waals surface area contributed by atoms with Crippen LogP contribution in [0.2, 0.25) is 0 Å². The first-order valence-corrected chi connectivity index (χ1v) is 8.88. The maximum Gasteiger partial charge on any atom is 0.161 e. The van der Waals surface area contributed by atoms with Gasteiger partial charge in [0.25, 0.3) is 0 Å². The molecular weight excluding hydrogens is 368 g/mol. The summed E-state index contributed by atoms with van der Waals surface area (Å²) in [6.45, 7) is 3.56. The van der Waals surface area contributed by atoms with E-state index in [2.05, 4.69) is 0 Å². The molecule has 0 aliphatic heterocycles. The fraction of sp³-hybridized carbons (Fsp3) is 0.381. The molecule has 0 saturated heterocycles. The van der Waals surface area contributed by atoms with Crippen LogP contribution in [0.1, 0.15) is 35.8 Å². The second-order valence-electron chi connectivity index (χ2n) is 6.68. The van der Waals surface area contributed by atoms with E-state index in [9.17, 15) is 18.7 Å². The molecule has 0 amide bonds. The lowest BCUT2D eigenvalue weighted by Crippen LogP contribution is -2.34. The second-order valence-corrected chi connectivity index (χ2v) is 6.68. The van der Waals surface area contributed by atoms with E-state index in [1.54, 1.807) is 25.2 Å². The average Bonchev–Trinajstić information content (AvgIpc) is 2.67. The zero-order valence-corrected chi connectivity index (χ0v) is 16.4. The van der Waals surface area contributed by atoms with Crippen molar-refractivity contribution in [2.24, 2.45) is 0 Å². The third kappa shape index (κ3) is 5.50. The Morgan fingerprint density at radius 1 is 1.14 bits per heavy atom. The number of Topliss-reactive ketones (excluding diaryl/α,β-unsaturated/α-hetero) is 1. The van der Waals surface area contributed by atoms with Crippen molar-refractivity contribution in [2.45, 2.75) is 26.0 Å². The largest absolute Gasteiger partial charge is 0.493 e. The number of ketones is 1. The number of ether oxygens (including phenoxy) is 2. The van der Waals surface area contributed by atoms with Crippen molar-refractivity contribution in [3.8, 4) is 11.5 Å². The van der Waals surface area contributed by atoms with Gasteiger partial charge in [0, 0.05) is 18.2 Å². The summed E-state index contributed by atoms with van der Waals surface area (Å²) in [6, 6.07) is 8.37. The van der Waals surface area contributed by atoms with Crippen LogP contribution in [-0.4, -0.2) is 49.2 Å². The van der Waals surface area contributed by atoms with Gasteiger partial charge in [0.1, 0.15) is 12.7 Å². The molecule has 0 aliphatic rings. The number of carbonyl (C=O) groups is 1. The van der Waals surface area contributed by atoms with Crippen molar-refractivity contribution in [1.82, 2.24) is 4.90 Å². The molecule has 5 nitrogen and oxygen atoms in total. The van der Waals surface area contributed by atoms with Gasteiger partial charge in [0.15, 0.2) is 28.9 Å².